The zero-order valence-corrected chi connectivity index (χ0v) is 13.4. The Balaban J connectivity index is 1.82. The third kappa shape index (κ3) is 3.49. The van der Waals surface area contributed by atoms with Gasteiger partial charge in [0, 0.05) is 18.8 Å². The lowest BCUT2D eigenvalue weighted by atomic mass is 10.2. The van der Waals surface area contributed by atoms with Crippen LogP contribution in [0.1, 0.15) is 35.1 Å². The van der Waals surface area contributed by atoms with Gasteiger partial charge in [0.15, 0.2) is 5.69 Å². The maximum absolute atomic E-state index is 12.4. The van der Waals surface area contributed by atoms with Crippen molar-refractivity contribution in [2.24, 2.45) is 5.10 Å². The van der Waals surface area contributed by atoms with Crippen molar-refractivity contribution in [2.45, 2.75) is 19.8 Å². The van der Waals surface area contributed by atoms with E-state index in [1.165, 1.54) is 10.9 Å². The number of hydrogen-bond donors (Lipinski definition) is 3. The van der Waals surface area contributed by atoms with E-state index in [4.69, 9.17) is 5.73 Å². The van der Waals surface area contributed by atoms with Crippen molar-refractivity contribution in [1.82, 2.24) is 31.0 Å². The van der Waals surface area contributed by atoms with Gasteiger partial charge in [0.2, 0.25) is 0 Å². The summed E-state index contributed by atoms with van der Waals surface area (Å²) in [6.07, 6.45) is 6.13. The minimum absolute atomic E-state index is 0.0914. The number of nitrogen functional groups attached to an aromatic ring is 1. The van der Waals surface area contributed by atoms with Crippen molar-refractivity contribution >= 4 is 17.9 Å². The van der Waals surface area contributed by atoms with Crippen molar-refractivity contribution < 1.29 is 14.1 Å². The first-order valence-electron chi connectivity index (χ1n) is 7.51. The highest BCUT2D eigenvalue weighted by Crippen LogP contribution is 2.09. The lowest BCUT2D eigenvalue weighted by Crippen LogP contribution is -2.39. The van der Waals surface area contributed by atoms with E-state index in [1.807, 2.05) is 6.92 Å². The Kier molecular flexibility index (Phi) is 4.74. The number of carbonyl (C=O) groups excluding carboxylic acids is 1. The largest absolute Gasteiger partial charge is 0.376 e. The number of carbonyl (C=O) groups is 1. The molecule has 1 amide bonds. The number of anilines is 1. The fraction of sp³-hybridized carbons (Fsp3) is 0.214. The van der Waals surface area contributed by atoms with Crippen LogP contribution in [0.5, 0.6) is 0 Å². The first kappa shape index (κ1) is 16.2. The van der Waals surface area contributed by atoms with Gasteiger partial charge in [-0.25, -0.2) is 5.43 Å². The summed E-state index contributed by atoms with van der Waals surface area (Å²) in [7, 11) is 0. The van der Waals surface area contributed by atoms with Crippen LogP contribution in [0.15, 0.2) is 34.3 Å². The van der Waals surface area contributed by atoms with Crippen LogP contribution >= 0.6 is 0 Å². The molecule has 0 aliphatic heterocycles. The molecule has 128 valence electrons. The van der Waals surface area contributed by atoms with Crippen LogP contribution in [0.2, 0.25) is 0 Å². The summed E-state index contributed by atoms with van der Waals surface area (Å²) in [5, 5.41) is 17.9. The molecule has 3 aromatic rings. The molecule has 0 saturated heterocycles. The van der Waals surface area contributed by atoms with Crippen LogP contribution in [0, 0.1) is 0 Å². The normalized spacial score (nSPS) is 11.1. The van der Waals surface area contributed by atoms with Gasteiger partial charge >= 0.3 is 11.7 Å². The molecular weight excluding hydrogens is 326 g/mol. The Hall–Kier alpha value is -3.63. The zero-order chi connectivity index (χ0) is 17.6. The molecule has 4 N–H and O–H groups in total. The smallest absolute Gasteiger partial charge is 0.375 e. The molecule has 3 rings (SSSR count). The number of amides is 1. The summed E-state index contributed by atoms with van der Waals surface area (Å²) >= 11 is 0. The third-order valence-electron chi connectivity index (χ3n) is 3.30. The number of hydrogen-bond acceptors (Lipinski definition) is 8. The number of H-pyrrole nitrogens is 1. The van der Waals surface area contributed by atoms with E-state index >= 15 is 0 Å². The highest BCUT2D eigenvalue weighted by molar-refractivity contribution is 5.93. The van der Waals surface area contributed by atoms with Gasteiger partial charge < -0.3 is 5.73 Å². The summed E-state index contributed by atoms with van der Waals surface area (Å²) < 4.78 is 6.06. The predicted octanol–water partition coefficient (Wildman–Crippen LogP) is -0.237. The molecule has 25 heavy (non-hydrogen) atoms. The number of rotatable bonds is 6. The quantitative estimate of drug-likeness (QED) is 0.317. The van der Waals surface area contributed by atoms with Gasteiger partial charge in [-0.05, 0) is 34.4 Å². The van der Waals surface area contributed by atoms with Crippen LogP contribution in [-0.4, -0.2) is 37.7 Å². The third-order valence-corrected chi connectivity index (χ3v) is 3.30. The van der Waals surface area contributed by atoms with Crippen LogP contribution in [-0.2, 0) is 6.42 Å². The highest BCUT2D eigenvalue weighted by Gasteiger charge is 2.29. The van der Waals surface area contributed by atoms with Crippen LogP contribution in [0.4, 0.5) is 5.82 Å². The number of aromatic amines is 1. The van der Waals surface area contributed by atoms with Gasteiger partial charge in [-0.2, -0.15) is 9.73 Å². The second-order valence-corrected chi connectivity index (χ2v) is 5.05. The minimum Gasteiger partial charge on any atom is -0.375 e. The minimum atomic E-state index is -0.459. The van der Waals surface area contributed by atoms with Gasteiger partial charge in [-0.15, -0.1) is 9.90 Å². The van der Waals surface area contributed by atoms with Gasteiger partial charge in [0.05, 0.1) is 6.21 Å². The lowest BCUT2D eigenvalue weighted by molar-refractivity contribution is -0.670. The molecule has 11 nitrogen and oxygen atoms in total. The van der Waals surface area contributed by atoms with Crippen molar-refractivity contribution in [2.75, 3.05) is 5.73 Å². The maximum Gasteiger partial charge on any atom is 0.376 e. The number of nitrogens with one attached hydrogen (secondary N) is 2. The van der Waals surface area contributed by atoms with Crippen molar-refractivity contribution in [3.8, 4) is 5.82 Å². The van der Waals surface area contributed by atoms with E-state index in [9.17, 15) is 4.79 Å². The molecule has 3 heterocycles. The first-order chi connectivity index (χ1) is 12.2. The average Bonchev–Trinajstić information content (AvgIpc) is 3.22. The molecule has 0 aliphatic carbocycles. The van der Waals surface area contributed by atoms with Crippen molar-refractivity contribution in [3.05, 3.63) is 41.5 Å². The topological polar surface area (TPSA) is 152 Å². The summed E-state index contributed by atoms with van der Waals surface area (Å²) in [5.41, 5.74) is 9.74. The Labute approximate surface area is 141 Å². The molecule has 0 saturated carbocycles. The summed E-state index contributed by atoms with van der Waals surface area (Å²) in [6, 6.07) is 3.53. The van der Waals surface area contributed by atoms with E-state index < -0.39 is 5.91 Å². The molecular formula is C14H16N9O2+. The van der Waals surface area contributed by atoms with Crippen molar-refractivity contribution in [1.29, 1.82) is 0 Å². The number of nitrogens with two attached hydrogens (primary N) is 1. The second kappa shape index (κ2) is 7.29. The van der Waals surface area contributed by atoms with E-state index in [1.54, 1.807) is 24.5 Å². The number of hydrazone groups is 1. The molecule has 0 atom stereocenters. The predicted molar refractivity (Wildman–Crippen MR) is 85.7 cm³/mol. The Bertz CT molecular complexity index is 885. The van der Waals surface area contributed by atoms with Crippen LogP contribution < -0.4 is 15.8 Å². The maximum atomic E-state index is 12.4. The Morgan fingerprint density at radius 2 is 2.24 bits per heavy atom. The van der Waals surface area contributed by atoms with E-state index in [2.05, 4.69) is 40.8 Å². The molecule has 3 aromatic heterocycles. The average molecular weight is 342 g/mol. The van der Waals surface area contributed by atoms with E-state index in [0.717, 1.165) is 12.0 Å². The Morgan fingerprint density at radius 1 is 1.44 bits per heavy atom. The van der Waals surface area contributed by atoms with Gasteiger partial charge in [-0.3, -0.25) is 9.78 Å². The van der Waals surface area contributed by atoms with Crippen LogP contribution in [0.25, 0.3) is 5.82 Å². The van der Waals surface area contributed by atoms with E-state index in [-0.39, 0.29) is 17.3 Å². The van der Waals surface area contributed by atoms with Gasteiger partial charge in [0.1, 0.15) is 5.16 Å². The fourth-order valence-electron chi connectivity index (χ4n) is 2.17. The summed E-state index contributed by atoms with van der Waals surface area (Å²) in [6.45, 7) is 1.98. The standard InChI is InChI=1S/C14H15N9O2/c1-2-3-10-11(18-22-23(10)13-12(15)20-25-21-13)14(24)19-17-8-9-4-6-16-7-5-9/h4-8H,2-3H2,1H3,(H3,15,16,19,20,24)/p+1. The van der Waals surface area contributed by atoms with Crippen LogP contribution in [0.3, 0.4) is 0 Å². The fourth-order valence-corrected chi connectivity index (χ4v) is 2.17. The Morgan fingerprint density at radius 3 is 2.92 bits per heavy atom. The second-order valence-electron chi connectivity index (χ2n) is 5.05. The number of pyridine rings is 1. The van der Waals surface area contributed by atoms with Gasteiger partial charge in [-0.1, -0.05) is 6.92 Å². The number of aromatic nitrogens is 6. The number of nitrogens with zero attached hydrogens (tertiary/aromatic N) is 6. The van der Waals surface area contributed by atoms with Gasteiger partial charge in [0.25, 0.3) is 11.5 Å². The SMILES string of the molecule is CCCc1c(C(=O)N/N=C/c2ccncc2)n[nH][n+]1-c1nonc1N. The summed E-state index contributed by atoms with van der Waals surface area (Å²) in [5.74, 6) is -0.122. The molecule has 0 unspecified atom stereocenters. The lowest BCUT2D eigenvalue weighted by Gasteiger charge is -1.98. The molecule has 0 aliphatic rings. The molecule has 11 heteroatoms. The summed E-state index contributed by atoms with van der Waals surface area (Å²) in [4.78, 5) is 16.3. The molecule has 0 bridgehead atoms. The monoisotopic (exact) mass is 342 g/mol. The highest BCUT2D eigenvalue weighted by atomic mass is 16.6. The molecule has 0 radical (unpaired) electrons. The molecule has 0 spiro atoms. The zero-order valence-electron chi connectivity index (χ0n) is 13.4. The van der Waals surface area contributed by atoms with Crippen molar-refractivity contribution in [3.63, 3.8) is 0 Å². The molecule has 0 fully saturated rings. The molecule has 0 aromatic carbocycles. The van der Waals surface area contributed by atoms with E-state index in [0.29, 0.717) is 12.1 Å². The first-order valence-corrected chi connectivity index (χ1v) is 7.51.